The number of hydrogen-bond donors (Lipinski definition) is 0. The number of carbonyl (C=O) groups excluding carboxylic acids is 2. The van der Waals surface area contributed by atoms with Crippen molar-refractivity contribution in [3.05, 3.63) is 71.8 Å². The standard InChI is InChI=1S/C26H20Cl2O4/c1-31-23-9-5-15-11-17(21(29)13-27)3-7-19(15)25(23)26-20-8-4-18(22(30)14-28)12-16(20)6-10-24(26)32-2/h3-12H,13-14H2,1-2H3. The highest BCUT2D eigenvalue weighted by Crippen LogP contribution is 2.45. The number of alkyl halides is 2. The van der Waals surface area contributed by atoms with Gasteiger partial charge in [-0.25, -0.2) is 0 Å². The summed E-state index contributed by atoms with van der Waals surface area (Å²) in [4.78, 5) is 24.2. The van der Waals surface area contributed by atoms with Gasteiger partial charge in [0.25, 0.3) is 0 Å². The molecular weight excluding hydrogens is 447 g/mol. The van der Waals surface area contributed by atoms with Crippen LogP contribution >= 0.6 is 23.2 Å². The van der Waals surface area contributed by atoms with E-state index in [9.17, 15) is 9.59 Å². The topological polar surface area (TPSA) is 52.6 Å². The first-order valence-corrected chi connectivity index (χ1v) is 11.0. The quantitative estimate of drug-likeness (QED) is 0.229. The van der Waals surface area contributed by atoms with Crippen LogP contribution in [0.15, 0.2) is 60.7 Å². The molecule has 0 saturated carbocycles. The number of benzene rings is 4. The molecule has 0 aliphatic heterocycles. The fourth-order valence-electron chi connectivity index (χ4n) is 3.98. The number of fused-ring (bicyclic) bond motifs is 2. The van der Waals surface area contributed by atoms with Crippen LogP contribution in [0.4, 0.5) is 0 Å². The fourth-order valence-corrected chi connectivity index (χ4v) is 4.29. The highest BCUT2D eigenvalue weighted by Gasteiger charge is 2.20. The number of ether oxygens (including phenoxy) is 2. The molecule has 4 nitrogen and oxygen atoms in total. The lowest BCUT2D eigenvalue weighted by Crippen LogP contribution is -2.01. The van der Waals surface area contributed by atoms with Gasteiger partial charge >= 0.3 is 0 Å². The normalized spacial score (nSPS) is 11.0. The van der Waals surface area contributed by atoms with Crippen molar-refractivity contribution in [1.82, 2.24) is 0 Å². The maximum Gasteiger partial charge on any atom is 0.177 e. The minimum atomic E-state index is -0.134. The summed E-state index contributed by atoms with van der Waals surface area (Å²) in [5, 5.41) is 3.57. The maximum atomic E-state index is 12.1. The van der Waals surface area contributed by atoms with Crippen LogP contribution in [-0.2, 0) is 0 Å². The van der Waals surface area contributed by atoms with Gasteiger partial charge in [0.1, 0.15) is 11.5 Å². The van der Waals surface area contributed by atoms with E-state index < -0.39 is 0 Å². The van der Waals surface area contributed by atoms with Gasteiger partial charge in [-0.2, -0.15) is 0 Å². The van der Waals surface area contributed by atoms with Crippen molar-refractivity contribution in [3.63, 3.8) is 0 Å². The molecule has 0 amide bonds. The molecule has 0 saturated heterocycles. The Morgan fingerprint density at radius 1 is 0.656 bits per heavy atom. The largest absolute Gasteiger partial charge is 0.496 e. The summed E-state index contributed by atoms with van der Waals surface area (Å²) < 4.78 is 11.4. The molecule has 0 aromatic heterocycles. The van der Waals surface area contributed by atoms with E-state index in [1.54, 1.807) is 26.4 Å². The highest BCUT2D eigenvalue weighted by molar-refractivity contribution is 6.31. The van der Waals surface area contributed by atoms with E-state index in [4.69, 9.17) is 32.7 Å². The van der Waals surface area contributed by atoms with Crippen molar-refractivity contribution in [3.8, 4) is 22.6 Å². The van der Waals surface area contributed by atoms with E-state index >= 15 is 0 Å². The van der Waals surface area contributed by atoms with Crippen LogP contribution in [0, 0.1) is 0 Å². The summed E-state index contributed by atoms with van der Waals surface area (Å²) in [6.07, 6.45) is 0. The Labute approximate surface area is 195 Å². The second-order valence-electron chi connectivity index (χ2n) is 7.27. The lowest BCUT2D eigenvalue weighted by Gasteiger charge is -2.18. The van der Waals surface area contributed by atoms with E-state index in [-0.39, 0.29) is 23.3 Å². The molecule has 32 heavy (non-hydrogen) atoms. The smallest absolute Gasteiger partial charge is 0.177 e. The van der Waals surface area contributed by atoms with Crippen molar-refractivity contribution in [2.24, 2.45) is 0 Å². The lowest BCUT2D eigenvalue weighted by atomic mass is 9.90. The average Bonchev–Trinajstić information content (AvgIpc) is 2.85. The molecule has 0 aliphatic rings. The lowest BCUT2D eigenvalue weighted by molar-refractivity contribution is 0.101. The third-order valence-electron chi connectivity index (χ3n) is 5.54. The van der Waals surface area contributed by atoms with Gasteiger partial charge < -0.3 is 9.47 Å². The molecule has 6 heteroatoms. The second kappa shape index (κ2) is 9.19. The van der Waals surface area contributed by atoms with Crippen molar-refractivity contribution in [2.75, 3.05) is 26.0 Å². The van der Waals surface area contributed by atoms with Crippen LogP contribution in [0.1, 0.15) is 20.7 Å². The van der Waals surface area contributed by atoms with Crippen molar-refractivity contribution in [2.45, 2.75) is 0 Å². The molecule has 0 heterocycles. The molecule has 0 unspecified atom stereocenters. The van der Waals surface area contributed by atoms with E-state index in [1.165, 1.54) is 0 Å². The van der Waals surface area contributed by atoms with Crippen LogP contribution in [0.25, 0.3) is 32.7 Å². The van der Waals surface area contributed by atoms with E-state index in [0.717, 1.165) is 32.7 Å². The third kappa shape index (κ3) is 3.81. The number of ketones is 2. The zero-order valence-corrected chi connectivity index (χ0v) is 19.1. The number of methoxy groups -OCH3 is 2. The molecule has 4 aromatic rings. The Morgan fingerprint density at radius 2 is 1.06 bits per heavy atom. The predicted octanol–water partition coefficient (Wildman–Crippen LogP) is 6.52. The summed E-state index contributed by atoms with van der Waals surface area (Å²) in [6, 6.07) is 18.6. The number of carbonyl (C=O) groups is 2. The Morgan fingerprint density at radius 3 is 1.41 bits per heavy atom. The number of rotatable bonds is 7. The van der Waals surface area contributed by atoms with Gasteiger partial charge in [0.15, 0.2) is 11.6 Å². The summed E-state index contributed by atoms with van der Waals surface area (Å²) in [7, 11) is 3.23. The third-order valence-corrected chi connectivity index (χ3v) is 6.03. The molecule has 162 valence electrons. The molecule has 0 N–H and O–H groups in total. The molecule has 4 rings (SSSR count). The summed E-state index contributed by atoms with van der Waals surface area (Å²) in [6.45, 7) is 0. The fraction of sp³-hybridized carbons (Fsp3) is 0.154. The molecule has 0 radical (unpaired) electrons. The van der Waals surface area contributed by atoms with Crippen LogP contribution in [0.3, 0.4) is 0 Å². The van der Waals surface area contributed by atoms with E-state index in [1.807, 2.05) is 48.5 Å². The monoisotopic (exact) mass is 466 g/mol. The zero-order valence-electron chi connectivity index (χ0n) is 17.6. The van der Waals surface area contributed by atoms with Gasteiger partial charge in [-0.05, 0) is 45.8 Å². The minimum absolute atomic E-state index is 0.0744. The summed E-state index contributed by atoms with van der Waals surface area (Å²) >= 11 is 11.5. The van der Waals surface area contributed by atoms with Gasteiger partial charge in [0.05, 0.1) is 26.0 Å². The molecule has 0 spiro atoms. The van der Waals surface area contributed by atoms with Gasteiger partial charge in [0, 0.05) is 22.3 Å². The predicted molar refractivity (Wildman–Crippen MR) is 130 cm³/mol. The molecule has 0 fully saturated rings. The van der Waals surface area contributed by atoms with Crippen molar-refractivity contribution in [1.29, 1.82) is 0 Å². The zero-order chi connectivity index (χ0) is 22.8. The first-order valence-electron chi connectivity index (χ1n) is 9.92. The van der Waals surface area contributed by atoms with E-state index in [2.05, 4.69) is 0 Å². The number of halogens is 2. The molecule has 0 bridgehead atoms. The Kier molecular flexibility index (Phi) is 6.35. The average molecular weight is 467 g/mol. The van der Waals surface area contributed by atoms with Crippen molar-refractivity contribution >= 4 is 56.3 Å². The summed E-state index contributed by atoms with van der Waals surface area (Å²) in [5.74, 6) is 0.918. The van der Waals surface area contributed by atoms with Gasteiger partial charge in [0.2, 0.25) is 0 Å². The van der Waals surface area contributed by atoms with Crippen LogP contribution in [-0.4, -0.2) is 37.5 Å². The molecule has 0 aliphatic carbocycles. The molecule has 4 aromatic carbocycles. The first-order chi connectivity index (χ1) is 15.5. The van der Waals surface area contributed by atoms with Gasteiger partial charge in [-0.15, -0.1) is 23.2 Å². The number of Topliss-reactive ketones (excluding diaryl/α,β-unsaturated/α-hetero) is 2. The van der Waals surface area contributed by atoms with Crippen LogP contribution in [0.2, 0.25) is 0 Å². The van der Waals surface area contributed by atoms with Gasteiger partial charge in [-0.3, -0.25) is 9.59 Å². The SMILES string of the molecule is COc1ccc2cc(C(=O)CCl)ccc2c1-c1c(OC)ccc2cc(C(=O)CCl)ccc12. The Hall–Kier alpha value is -3.08. The van der Waals surface area contributed by atoms with Gasteiger partial charge in [-0.1, -0.05) is 36.4 Å². The Balaban J connectivity index is 2.06. The summed E-state index contributed by atoms with van der Waals surface area (Å²) in [5.41, 5.74) is 2.79. The highest BCUT2D eigenvalue weighted by atomic mass is 35.5. The van der Waals surface area contributed by atoms with Crippen LogP contribution < -0.4 is 9.47 Å². The number of hydrogen-bond acceptors (Lipinski definition) is 4. The van der Waals surface area contributed by atoms with E-state index in [0.29, 0.717) is 22.6 Å². The molecule has 0 atom stereocenters. The van der Waals surface area contributed by atoms with Crippen molar-refractivity contribution < 1.29 is 19.1 Å². The molecular formula is C26H20Cl2O4. The first kappa shape index (κ1) is 22.1. The second-order valence-corrected chi connectivity index (χ2v) is 7.81. The maximum absolute atomic E-state index is 12.1. The minimum Gasteiger partial charge on any atom is -0.496 e. The Bertz CT molecular complexity index is 1260. The van der Waals surface area contributed by atoms with Crippen LogP contribution in [0.5, 0.6) is 11.5 Å².